The molecule has 29 heavy (non-hydrogen) atoms. The molecule has 3 aliphatic rings. The molecule has 0 aromatic carbocycles. The van der Waals surface area contributed by atoms with E-state index in [1.54, 1.807) is 7.11 Å². The van der Waals surface area contributed by atoms with Gasteiger partial charge in [-0.3, -0.25) is 4.79 Å². The smallest absolute Gasteiger partial charge is 0.255 e. The molecule has 1 aromatic rings. The number of carbonyl (C=O) groups is 1. The monoisotopic (exact) mass is 401 g/mol. The molecule has 1 saturated heterocycles. The molecule has 2 aliphatic heterocycles. The number of rotatable bonds is 7. The number of methoxy groups -OCH3 is 1. The van der Waals surface area contributed by atoms with Crippen LogP contribution in [0.2, 0.25) is 0 Å². The second-order valence-electron chi connectivity index (χ2n) is 9.66. The molecule has 1 saturated carbocycles. The van der Waals surface area contributed by atoms with E-state index in [2.05, 4.69) is 18.7 Å². The van der Waals surface area contributed by atoms with E-state index in [0.29, 0.717) is 25.6 Å². The highest BCUT2D eigenvalue weighted by atomic mass is 16.5. The van der Waals surface area contributed by atoms with Crippen LogP contribution >= 0.6 is 0 Å². The summed E-state index contributed by atoms with van der Waals surface area (Å²) in [5, 5.41) is 0. The summed E-state index contributed by atoms with van der Waals surface area (Å²) in [4.78, 5) is 22.2. The topological polar surface area (TPSA) is 54.9 Å². The molecular weight excluding hydrogens is 366 g/mol. The van der Waals surface area contributed by atoms with Crippen LogP contribution in [0.25, 0.3) is 0 Å². The number of fused-ring (bicyclic) bond motifs is 1. The summed E-state index contributed by atoms with van der Waals surface area (Å²) in [6.45, 7) is 8.55. The third-order valence-electron chi connectivity index (χ3n) is 6.59. The minimum atomic E-state index is -0.0628. The van der Waals surface area contributed by atoms with Crippen LogP contribution in [0.5, 0.6) is 5.88 Å². The van der Waals surface area contributed by atoms with Gasteiger partial charge < -0.3 is 19.3 Å². The van der Waals surface area contributed by atoms with Crippen LogP contribution in [0.1, 0.15) is 62.0 Å². The molecule has 0 N–H and O–H groups in total. The number of amides is 1. The van der Waals surface area contributed by atoms with Crippen molar-refractivity contribution in [2.24, 2.45) is 5.41 Å². The molecule has 1 amide bonds. The van der Waals surface area contributed by atoms with Crippen molar-refractivity contribution >= 4 is 5.91 Å². The Hall–Kier alpha value is -1.66. The average molecular weight is 402 g/mol. The largest absolute Gasteiger partial charge is 0.474 e. The number of aromatic nitrogens is 1. The SMILES string of the molecule is COCC(C)(C)CN1CCc2nc(OC3CCN(C4CCC4)CC3)ccc2C1=O. The number of piperidine rings is 1. The number of hydrogen-bond acceptors (Lipinski definition) is 5. The third kappa shape index (κ3) is 4.75. The van der Waals surface area contributed by atoms with E-state index in [9.17, 15) is 4.79 Å². The van der Waals surface area contributed by atoms with Gasteiger partial charge in [0.2, 0.25) is 5.88 Å². The van der Waals surface area contributed by atoms with Crippen LogP contribution in [0.3, 0.4) is 0 Å². The minimum absolute atomic E-state index is 0.0628. The quantitative estimate of drug-likeness (QED) is 0.703. The summed E-state index contributed by atoms with van der Waals surface area (Å²) < 4.78 is 11.5. The Bertz CT molecular complexity index is 724. The lowest BCUT2D eigenvalue weighted by Crippen LogP contribution is -2.47. The van der Waals surface area contributed by atoms with Crippen molar-refractivity contribution < 1.29 is 14.3 Å². The maximum atomic E-state index is 12.9. The molecule has 1 aliphatic carbocycles. The average Bonchev–Trinajstić information content (AvgIpc) is 2.64. The van der Waals surface area contributed by atoms with E-state index in [1.165, 1.54) is 19.3 Å². The fourth-order valence-corrected chi connectivity index (χ4v) is 4.83. The molecule has 1 aromatic heterocycles. The lowest BCUT2D eigenvalue weighted by atomic mass is 9.90. The summed E-state index contributed by atoms with van der Waals surface area (Å²) in [5.41, 5.74) is 1.53. The zero-order chi connectivity index (χ0) is 20.4. The van der Waals surface area contributed by atoms with Crippen molar-refractivity contribution in [1.29, 1.82) is 0 Å². The van der Waals surface area contributed by atoms with Gasteiger partial charge in [0.25, 0.3) is 5.91 Å². The molecule has 0 spiro atoms. The van der Waals surface area contributed by atoms with Crippen LogP contribution in [0, 0.1) is 5.41 Å². The van der Waals surface area contributed by atoms with E-state index < -0.39 is 0 Å². The van der Waals surface area contributed by atoms with Crippen LogP contribution < -0.4 is 4.74 Å². The van der Waals surface area contributed by atoms with E-state index in [-0.39, 0.29) is 17.4 Å². The Morgan fingerprint density at radius 3 is 2.55 bits per heavy atom. The normalized spacial score (nSPS) is 21.8. The van der Waals surface area contributed by atoms with Crippen molar-refractivity contribution in [2.45, 2.75) is 64.5 Å². The molecule has 6 heteroatoms. The molecule has 0 atom stereocenters. The van der Waals surface area contributed by atoms with E-state index in [4.69, 9.17) is 14.5 Å². The lowest BCUT2D eigenvalue weighted by Gasteiger charge is -2.41. The number of hydrogen-bond donors (Lipinski definition) is 0. The molecule has 4 rings (SSSR count). The van der Waals surface area contributed by atoms with Gasteiger partial charge >= 0.3 is 0 Å². The maximum absolute atomic E-state index is 12.9. The Morgan fingerprint density at radius 2 is 1.90 bits per heavy atom. The van der Waals surface area contributed by atoms with E-state index in [1.807, 2.05) is 17.0 Å². The highest BCUT2D eigenvalue weighted by molar-refractivity contribution is 5.96. The summed E-state index contributed by atoms with van der Waals surface area (Å²) in [7, 11) is 1.71. The van der Waals surface area contributed by atoms with Crippen LogP contribution in [-0.4, -0.2) is 72.7 Å². The van der Waals surface area contributed by atoms with Crippen LogP contribution in [-0.2, 0) is 11.2 Å². The fraction of sp³-hybridized carbons (Fsp3) is 0.739. The second kappa shape index (κ2) is 8.60. The Kier molecular flexibility index (Phi) is 6.11. The first-order chi connectivity index (χ1) is 13.9. The third-order valence-corrected chi connectivity index (χ3v) is 6.59. The Balaban J connectivity index is 1.34. The predicted octanol–water partition coefficient (Wildman–Crippen LogP) is 3.15. The number of carbonyl (C=O) groups excluding carboxylic acids is 1. The van der Waals surface area contributed by atoms with Crippen molar-refractivity contribution in [3.8, 4) is 5.88 Å². The zero-order valence-electron chi connectivity index (χ0n) is 18.2. The summed E-state index contributed by atoms with van der Waals surface area (Å²) in [5.74, 6) is 0.745. The van der Waals surface area contributed by atoms with Gasteiger partial charge in [-0.25, -0.2) is 4.98 Å². The number of likely N-dealkylation sites (tertiary alicyclic amines) is 1. The van der Waals surface area contributed by atoms with Gasteiger partial charge in [-0.1, -0.05) is 20.3 Å². The minimum Gasteiger partial charge on any atom is -0.474 e. The molecule has 160 valence electrons. The standard InChI is InChI=1S/C23H35N3O3/c1-23(2,16-28-3)15-26-14-11-20-19(22(26)27)7-8-21(24-20)29-18-9-12-25(13-10-18)17-5-4-6-17/h7-8,17-18H,4-6,9-16H2,1-3H3. The first-order valence-corrected chi connectivity index (χ1v) is 11.1. The highest BCUT2D eigenvalue weighted by Crippen LogP contribution is 2.29. The summed E-state index contributed by atoms with van der Waals surface area (Å²) >= 11 is 0. The Labute approximate surface area is 174 Å². The van der Waals surface area contributed by atoms with Gasteiger partial charge in [-0.15, -0.1) is 0 Å². The zero-order valence-corrected chi connectivity index (χ0v) is 18.2. The van der Waals surface area contributed by atoms with Crippen molar-refractivity contribution in [3.05, 3.63) is 23.4 Å². The second-order valence-corrected chi connectivity index (χ2v) is 9.66. The van der Waals surface area contributed by atoms with E-state index >= 15 is 0 Å². The van der Waals surface area contributed by atoms with Crippen molar-refractivity contribution in [3.63, 3.8) is 0 Å². The molecule has 2 fully saturated rings. The van der Waals surface area contributed by atoms with Crippen molar-refractivity contribution in [1.82, 2.24) is 14.8 Å². The van der Waals surface area contributed by atoms with Gasteiger partial charge in [0.05, 0.1) is 17.9 Å². The molecule has 3 heterocycles. The lowest BCUT2D eigenvalue weighted by molar-refractivity contribution is 0.0465. The molecule has 0 bridgehead atoms. The molecule has 6 nitrogen and oxygen atoms in total. The van der Waals surface area contributed by atoms with Gasteiger partial charge in [0.1, 0.15) is 6.10 Å². The summed E-state index contributed by atoms with van der Waals surface area (Å²) in [6.07, 6.45) is 7.27. The maximum Gasteiger partial charge on any atom is 0.255 e. The number of pyridine rings is 1. The van der Waals surface area contributed by atoms with E-state index in [0.717, 1.165) is 49.7 Å². The fourth-order valence-electron chi connectivity index (χ4n) is 4.83. The van der Waals surface area contributed by atoms with Crippen molar-refractivity contribution in [2.75, 3.05) is 39.9 Å². The number of nitrogens with zero attached hydrogens (tertiary/aromatic N) is 3. The molecule has 0 unspecified atom stereocenters. The van der Waals surface area contributed by atoms with Gasteiger partial charge in [-0.05, 0) is 31.7 Å². The van der Waals surface area contributed by atoms with Gasteiger partial charge in [-0.2, -0.15) is 0 Å². The summed E-state index contributed by atoms with van der Waals surface area (Å²) in [6, 6.07) is 4.60. The Morgan fingerprint density at radius 1 is 1.14 bits per heavy atom. The van der Waals surface area contributed by atoms with Gasteiger partial charge in [0, 0.05) is 57.2 Å². The predicted molar refractivity (Wildman–Crippen MR) is 112 cm³/mol. The van der Waals surface area contributed by atoms with Crippen LogP contribution in [0.4, 0.5) is 0 Å². The highest BCUT2D eigenvalue weighted by Gasteiger charge is 2.32. The first-order valence-electron chi connectivity index (χ1n) is 11.1. The van der Waals surface area contributed by atoms with Gasteiger partial charge in [0.15, 0.2) is 0 Å². The van der Waals surface area contributed by atoms with Crippen LogP contribution in [0.15, 0.2) is 12.1 Å². The molecular formula is C23H35N3O3. The first kappa shape index (κ1) is 20.6. The number of ether oxygens (including phenoxy) is 2. The molecule has 0 radical (unpaired) electrons.